The standard InChI is InChI=1S/C18H21N3O4/c1-11(2)16-19-20-17(25-16)15-10-21(6-8-24-15)18(22)13-3-4-14-12(9-13)5-7-23-14/h3-4,9,11,15H,5-8,10H2,1-2H3/t15-/m1/s1. The van der Waals surface area contributed by atoms with Crippen LogP contribution in [0.15, 0.2) is 22.6 Å². The van der Waals surface area contributed by atoms with Crippen LogP contribution in [-0.2, 0) is 11.2 Å². The van der Waals surface area contributed by atoms with Gasteiger partial charge in [0.1, 0.15) is 5.75 Å². The van der Waals surface area contributed by atoms with E-state index in [2.05, 4.69) is 10.2 Å². The quantitative estimate of drug-likeness (QED) is 0.851. The average molecular weight is 343 g/mol. The van der Waals surface area contributed by atoms with Gasteiger partial charge < -0.3 is 18.8 Å². The summed E-state index contributed by atoms with van der Waals surface area (Å²) in [6.45, 7) is 6.07. The van der Waals surface area contributed by atoms with E-state index in [9.17, 15) is 4.79 Å². The van der Waals surface area contributed by atoms with Gasteiger partial charge in [0.25, 0.3) is 5.91 Å². The molecule has 1 atom stereocenters. The lowest BCUT2D eigenvalue weighted by Crippen LogP contribution is -2.42. The summed E-state index contributed by atoms with van der Waals surface area (Å²) in [5.41, 5.74) is 1.77. The number of hydrogen-bond acceptors (Lipinski definition) is 6. The predicted molar refractivity (Wildman–Crippen MR) is 88.6 cm³/mol. The lowest BCUT2D eigenvalue weighted by Gasteiger charge is -2.31. The summed E-state index contributed by atoms with van der Waals surface area (Å²) in [6.07, 6.45) is 0.470. The van der Waals surface area contributed by atoms with Crippen LogP contribution in [0.1, 0.15) is 53.6 Å². The fraction of sp³-hybridized carbons (Fsp3) is 0.500. The van der Waals surface area contributed by atoms with Gasteiger partial charge in [0.05, 0.1) is 19.8 Å². The second kappa shape index (κ2) is 6.48. The number of nitrogens with zero attached hydrogens (tertiary/aromatic N) is 3. The van der Waals surface area contributed by atoms with Gasteiger partial charge >= 0.3 is 0 Å². The normalized spacial score (nSPS) is 19.8. The Hall–Kier alpha value is -2.41. The Bertz CT molecular complexity index is 786. The maximum atomic E-state index is 12.9. The molecule has 2 aliphatic rings. The van der Waals surface area contributed by atoms with Crippen LogP contribution in [0, 0.1) is 0 Å². The molecule has 0 spiro atoms. The largest absolute Gasteiger partial charge is 0.493 e. The lowest BCUT2D eigenvalue weighted by molar-refractivity contribution is -0.0351. The summed E-state index contributed by atoms with van der Waals surface area (Å²) >= 11 is 0. The molecule has 1 aromatic heterocycles. The zero-order chi connectivity index (χ0) is 17.4. The summed E-state index contributed by atoms with van der Waals surface area (Å²) in [6, 6.07) is 5.62. The average Bonchev–Trinajstić information content (AvgIpc) is 3.30. The predicted octanol–water partition coefficient (Wildman–Crippen LogP) is 2.34. The van der Waals surface area contributed by atoms with Crippen molar-refractivity contribution >= 4 is 5.91 Å². The Morgan fingerprint density at radius 1 is 1.28 bits per heavy atom. The van der Waals surface area contributed by atoms with Crippen LogP contribution in [-0.4, -0.2) is 47.3 Å². The Labute approximate surface area is 145 Å². The molecular formula is C18H21N3O4. The number of benzene rings is 1. The van der Waals surface area contributed by atoms with E-state index in [4.69, 9.17) is 13.9 Å². The number of carbonyl (C=O) groups is 1. The number of fused-ring (bicyclic) bond motifs is 1. The van der Waals surface area contributed by atoms with Gasteiger partial charge in [-0.15, -0.1) is 10.2 Å². The Morgan fingerprint density at radius 2 is 2.16 bits per heavy atom. The minimum atomic E-state index is -0.379. The Kier molecular flexibility index (Phi) is 4.17. The van der Waals surface area contributed by atoms with E-state index in [1.54, 1.807) is 4.90 Å². The Balaban J connectivity index is 1.49. The van der Waals surface area contributed by atoms with Gasteiger partial charge in [0.15, 0.2) is 6.10 Å². The second-order valence-corrected chi connectivity index (χ2v) is 6.66. The van der Waals surface area contributed by atoms with E-state index < -0.39 is 0 Å². The van der Waals surface area contributed by atoms with Crippen LogP contribution in [0.25, 0.3) is 0 Å². The fourth-order valence-corrected chi connectivity index (χ4v) is 3.10. The van der Waals surface area contributed by atoms with Crippen molar-refractivity contribution in [3.63, 3.8) is 0 Å². The molecule has 1 aromatic carbocycles. The summed E-state index contributed by atoms with van der Waals surface area (Å²) < 4.78 is 16.9. The third kappa shape index (κ3) is 3.11. The van der Waals surface area contributed by atoms with Gasteiger partial charge in [0.2, 0.25) is 11.8 Å². The maximum absolute atomic E-state index is 12.9. The van der Waals surface area contributed by atoms with Crippen molar-refractivity contribution in [1.82, 2.24) is 15.1 Å². The van der Waals surface area contributed by atoms with E-state index >= 15 is 0 Å². The van der Waals surface area contributed by atoms with E-state index in [0.29, 0.717) is 43.6 Å². The van der Waals surface area contributed by atoms with Crippen molar-refractivity contribution in [1.29, 1.82) is 0 Å². The fourth-order valence-electron chi connectivity index (χ4n) is 3.10. The van der Waals surface area contributed by atoms with Gasteiger partial charge in [-0.05, 0) is 23.8 Å². The molecule has 132 valence electrons. The molecule has 4 rings (SSSR count). The zero-order valence-corrected chi connectivity index (χ0v) is 14.4. The first kappa shape index (κ1) is 16.1. The van der Waals surface area contributed by atoms with Crippen LogP contribution < -0.4 is 4.74 Å². The first-order chi connectivity index (χ1) is 12.1. The summed E-state index contributed by atoms with van der Waals surface area (Å²) in [5.74, 6) is 2.05. The first-order valence-corrected chi connectivity index (χ1v) is 8.61. The molecule has 25 heavy (non-hydrogen) atoms. The third-order valence-electron chi connectivity index (χ3n) is 4.52. The molecule has 0 radical (unpaired) electrons. The van der Waals surface area contributed by atoms with Gasteiger partial charge in [-0.1, -0.05) is 13.8 Å². The molecule has 2 aliphatic heterocycles. The van der Waals surface area contributed by atoms with E-state index in [-0.39, 0.29) is 17.9 Å². The maximum Gasteiger partial charge on any atom is 0.254 e. The van der Waals surface area contributed by atoms with Crippen LogP contribution in [0.2, 0.25) is 0 Å². The van der Waals surface area contributed by atoms with E-state index in [1.807, 2.05) is 32.0 Å². The van der Waals surface area contributed by atoms with Crippen LogP contribution in [0.4, 0.5) is 0 Å². The first-order valence-electron chi connectivity index (χ1n) is 8.61. The molecular weight excluding hydrogens is 322 g/mol. The third-order valence-corrected chi connectivity index (χ3v) is 4.52. The summed E-state index contributed by atoms with van der Waals surface area (Å²) in [4.78, 5) is 14.6. The van der Waals surface area contributed by atoms with Gasteiger partial charge in [0, 0.05) is 24.4 Å². The van der Waals surface area contributed by atoms with Gasteiger partial charge in [-0.25, -0.2) is 0 Å². The number of carbonyl (C=O) groups excluding carboxylic acids is 1. The lowest BCUT2D eigenvalue weighted by atomic mass is 10.1. The van der Waals surface area contributed by atoms with E-state index in [0.717, 1.165) is 17.7 Å². The molecule has 0 unspecified atom stereocenters. The summed E-state index contributed by atoms with van der Waals surface area (Å²) in [7, 11) is 0. The monoisotopic (exact) mass is 343 g/mol. The van der Waals surface area contributed by atoms with Crippen molar-refractivity contribution in [2.75, 3.05) is 26.3 Å². The van der Waals surface area contributed by atoms with Gasteiger partial charge in [-0.3, -0.25) is 4.79 Å². The molecule has 2 aromatic rings. The number of ether oxygens (including phenoxy) is 2. The van der Waals surface area contributed by atoms with Crippen LogP contribution >= 0.6 is 0 Å². The topological polar surface area (TPSA) is 77.7 Å². The SMILES string of the molecule is CC(C)c1nnc([C@H]2CN(C(=O)c3ccc4c(c3)CCO4)CCO2)o1. The van der Waals surface area contributed by atoms with Crippen molar-refractivity contribution in [2.45, 2.75) is 32.3 Å². The zero-order valence-electron chi connectivity index (χ0n) is 14.4. The second-order valence-electron chi connectivity index (χ2n) is 6.66. The Morgan fingerprint density at radius 3 is 2.96 bits per heavy atom. The highest BCUT2D eigenvalue weighted by atomic mass is 16.5. The van der Waals surface area contributed by atoms with Crippen molar-refractivity contribution < 1.29 is 18.7 Å². The summed E-state index contributed by atoms with van der Waals surface area (Å²) in [5, 5.41) is 8.12. The molecule has 0 aliphatic carbocycles. The minimum absolute atomic E-state index is 0.00778. The van der Waals surface area contributed by atoms with Crippen molar-refractivity contribution in [2.24, 2.45) is 0 Å². The molecule has 0 saturated carbocycles. The number of amides is 1. The number of hydrogen-bond donors (Lipinski definition) is 0. The molecule has 0 N–H and O–H groups in total. The number of aromatic nitrogens is 2. The molecule has 7 heteroatoms. The van der Waals surface area contributed by atoms with Crippen molar-refractivity contribution in [3.05, 3.63) is 41.1 Å². The highest BCUT2D eigenvalue weighted by molar-refractivity contribution is 5.94. The van der Waals surface area contributed by atoms with E-state index in [1.165, 1.54) is 0 Å². The van der Waals surface area contributed by atoms with Crippen LogP contribution in [0.5, 0.6) is 5.75 Å². The van der Waals surface area contributed by atoms with Gasteiger partial charge in [-0.2, -0.15) is 0 Å². The van der Waals surface area contributed by atoms with Crippen molar-refractivity contribution in [3.8, 4) is 5.75 Å². The molecule has 0 bridgehead atoms. The molecule has 1 amide bonds. The molecule has 1 fully saturated rings. The molecule has 3 heterocycles. The highest BCUT2D eigenvalue weighted by Crippen LogP contribution is 2.28. The highest BCUT2D eigenvalue weighted by Gasteiger charge is 2.30. The smallest absolute Gasteiger partial charge is 0.254 e. The number of morpholine rings is 1. The van der Waals surface area contributed by atoms with Crippen LogP contribution in [0.3, 0.4) is 0 Å². The molecule has 7 nitrogen and oxygen atoms in total. The molecule has 1 saturated heterocycles. The minimum Gasteiger partial charge on any atom is -0.493 e. The number of rotatable bonds is 3.